The molecular weight excluding hydrogens is 261 g/mol. The second-order valence-corrected chi connectivity index (χ2v) is 5.44. The first-order valence-corrected chi connectivity index (χ1v) is 6.16. The summed E-state index contributed by atoms with van der Waals surface area (Å²) in [6.45, 7) is 0.524. The molecule has 1 saturated carbocycles. The molecule has 0 aliphatic heterocycles. The molecule has 2 nitrogen and oxygen atoms in total. The SMILES string of the molecule is NC(=S)CC1(COc2ccc(F)cc2Cl)CC1. The molecular formula is C12H13ClFNOS. The number of thiocarbonyl (C=S) groups is 1. The van der Waals surface area contributed by atoms with Gasteiger partial charge in [0.15, 0.2) is 0 Å². The zero-order valence-corrected chi connectivity index (χ0v) is 10.8. The first-order valence-electron chi connectivity index (χ1n) is 5.37. The van der Waals surface area contributed by atoms with Gasteiger partial charge in [0.25, 0.3) is 0 Å². The van der Waals surface area contributed by atoms with E-state index < -0.39 is 0 Å². The Morgan fingerprint density at radius 3 is 2.76 bits per heavy atom. The lowest BCUT2D eigenvalue weighted by Crippen LogP contribution is -2.21. The molecule has 0 bridgehead atoms. The molecule has 0 spiro atoms. The summed E-state index contributed by atoms with van der Waals surface area (Å²) in [7, 11) is 0. The predicted octanol–water partition coefficient (Wildman–Crippen LogP) is 3.31. The Hall–Kier alpha value is -0.870. The highest BCUT2D eigenvalue weighted by Crippen LogP contribution is 2.49. The minimum Gasteiger partial charge on any atom is -0.491 e. The summed E-state index contributed by atoms with van der Waals surface area (Å²) in [6, 6.07) is 4.10. The maximum absolute atomic E-state index is 12.8. The molecule has 1 aromatic carbocycles. The summed E-state index contributed by atoms with van der Waals surface area (Å²) in [6.07, 6.45) is 2.81. The van der Waals surface area contributed by atoms with Crippen LogP contribution in [0, 0.1) is 11.2 Å². The molecule has 0 atom stereocenters. The van der Waals surface area contributed by atoms with E-state index in [1.807, 2.05) is 0 Å². The number of hydrogen-bond donors (Lipinski definition) is 1. The Morgan fingerprint density at radius 1 is 1.53 bits per heavy atom. The average Bonchev–Trinajstić information content (AvgIpc) is 2.96. The Balaban J connectivity index is 1.96. The number of nitrogens with two attached hydrogens (primary N) is 1. The molecule has 0 amide bonds. The van der Waals surface area contributed by atoms with Crippen molar-refractivity contribution >= 4 is 28.8 Å². The summed E-state index contributed by atoms with van der Waals surface area (Å²) in [4.78, 5) is 0.510. The molecule has 17 heavy (non-hydrogen) atoms. The molecule has 0 aromatic heterocycles. The number of halogens is 2. The lowest BCUT2D eigenvalue weighted by Gasteiger charge is -2.16. The molecule has 0 heterocycles. The van der Waals surface area contributed by atoms with Gasteiger partial charge >= 0.3 is 0 Å². The van der Waals surface area contributed by atoms with E-state index in [9.17, 15) is 4.39 Å². The normalized spacial score (nSPS) is 16.6. The topological polar surface area (TPSA) is 35.2 Å². The Bertz CT molecular complexity index is 448. The van der Waals surface area contributed by atoms with E-state index in [1.54, 1.807) is 0 Å². The van der Waals surface area contributed by atoms with Gasteiger partial charge in [-0.3, -0.25) is 0 Å². The van der Waals surface area contributed by atoms with Gasteiger partial charge in [-0.1, -0.05) is 23.8 Å². The van der Waals surface area contributed by atoms with Crippen molar-refractivity contribution in [3.63, 3.8) is 0 Å². The van der Waals surface area contributed by atoms with Gasteiger partial charge in [0.1, 0.15) is 11.6 Å². The number of hydrogen-bond acceptors (Lipinski definition) is 2. The van der Waals surface area contributed by atoms with Gasteiger partial charge in [0.05, 0.1) is 16.6 Å². The molecule has 1 aromatic rings. The van der Waals surface area contributed by atoms with Crippen LogP contribution in [-0.4, -0.2) is 11.6 Å². The van der Waals surface area contributed by atoms with Gasteiger partial charge in [0, 0.05) is 11.8 Å². The van der Waals surface area contributed by atoms with Crippen molar-refractivity contribution < 1.29 is 9.13 Å². The molecule has 0 saturated heterocycles. The minimum absolute atomic E-state index is 0.0730. The monoisotopic (exact) mass is 273 g/mol. The third kappa shape index (κ3) is 3.30. The van der Waals surface area contributed by atoms with Crippen LogP contribution in [0.4, 0.5) is 4.39 Å². The van der Waals surface area contributed by atoms with Crippen LogP contribution in [0.3, 0.4) is 0 Å². The first-order chi connectivity index (χ1) is 8.01. The smallest absolute Gasteiger partial charge is 0.138 e. The van der Waals surface area contributed by atoms with Gasteiger partial charge in [-0.15, -0.1) is 0 Å². The van der Waals surface area contributed by atoms with E-state index in [4.69, 9.17) is 34.3 Å². The second kappa shape index (κ2) is 4.78. The average molecular weight is 274 g/mol. The quantitative estimate of drug-likeness (QED) is 0.836. The highest BCUT2D eigenvalue weighted by Gasteiger charge is 2.43. The lowest BCUT2D eigenvalue weighted by molar-refractivity contribution is 0.239. The van der Waals surface area contributed by atoms with E-state index in [0.29, 0.717) is 23.8 Å². The van der Waals surface area contributed by atoms with E-state index in [2.05, 4.69) is 0 Å². The largest absolute Gasteiger partial charge is 0.491 e. The van der Waals surface area contributed by atoms with Crippen molar-refractivity contribution in [3.8, 4) is 5.75 Å². The summed E-state index contributed by atoms with van der Waals surface area (Å²) >= 11 is 10.8. The fourth-order valence-electron chi connectivity index (χ4n) is 1.74. The molecule has 1 fully saturated rings. The van der Waals surface area contributed by atoms with Crippen LogP contribution < -0.4 is 10.5 Å². The summed E-state index contributed by atoms with van der Waals surface area (Å²) < 4.78 is 18.4. The van der Waals surface area contributed by atoms with E-state index in [-0.39, 0.29) is 16.3 Å². The Kier molecular flexibility index (Phi) is 3.54. The van der Waals surface area contributed by atoms with Crippen LogP contribution in [-0.2, 0) is 0 Å². The van der Waals surface area contributed by atoms with Crippen molar-refractivity contribution in [2.24, 2.45) is 11.1 Å². The maximum atomic E-state index is 12.8. The predicted molar refractivity (Wildman–Crippen MR) is 70.0 cm³/mol. The van der Waals surface area contributed by atoms with Crippen molar-refractivity contribution in [1.29, 1.82) is 0 Å². The highest BCUT2D eigenvalue weighted by atomic mass is 35.5. The molecule has 0 unspecified atom stereocenters. The molecule has 2 N–H and O–H groups in total. The van der Waals surface area contributed by atoms with Crippen molar-refractivity contribution in [3.05, 3.63) is 29.0 Å². The van der Waals surface area contributed by atoms with Crippen molar-refractivity contribution in [1.82, 2.24) is 0 Å². The van der Waals surface area contributed by atoms with Crippen LogP contribution >= 0.6 is 23.8 Å². The van der Waals surface area contributed by atoms with Gasteiger partial charge in [-0.25, -0.2) is 4.39 Å². The van der Waals surface area contributed by atoms with E-state index in [0.717, 1.165) is 12.8 Å². The van der Waals surface area contributed by atoms with Gasteiger partial charge in [0.2, 0.25) is 0 Å². The third-order valence-electron chi connectivity index (χ3n) is 2.93. The summed E-state index contributed by atoms with van der Waals surface area (Å²) in [5.74, 6) is 0.133. The standard InChI is InChI=1S/C12H13ClFNOS/c13-9-5-8(14)1-2-10(9)16-7-12(3-4-12)6-11(15)17/h1-2,5H,3-4,6-7H2,(H2,15,17). The number of rotatable bonds is 5. The molecule has 1 aliphatic carbocycles. The zero-order chi connectivity index (χ0) is 12.5. The Labute approximate surface area is 110 Å². The third-order valence-corrected chi connectivity index (χ3v) is 3.37. The van der Waals surface area contributed by atoms with E-state index in [1.165, 1.54) is 18.2 Å². The first kappa shape index (κ1) is 12.6. The fourth-order valence-corrected chi connectivity index (χ4v) is 2.27. The second-order valence-electron chi connectivity index (χ2n) is 4.51. The fraction of sp³-hybridized carbons (Fsp3) is 0.417. The van der Waals surface area contributed by atoms with Crippen LogP contribution in [0.15, 0.2) is 18.2 Å². The molecule has 2 rings (SSSR count). The van der Waals surface area contributed by atoms with Crippen molar-refractivity contribution in [2.45, 2.75) is 19.3 Å². The number of ether oxygens (including phenoxy) is 1. The van der Waals surface area contributed by atoms with Gasteiger partial charge in [-0.2, -0.15) is 0 Å². The van der Waals surface area contributed by atoms with Crippen LogP contribution in [0.5, 0.6) is 5.75 Å². The zero-order valence-electron chi connectivity index (χ0n) is 9.21. The number of benzene rings is 1. The van der Waals surface area contributed by atoms with Crippen LogP contribution in [0.25, 0.3) is 0 Å². The van der Waals surface area contributed by atoms with E-state index >= 15 is 0 Å². The van der Waals surface area contributed by atoms with Crippen LogP contribution in [0.1, 0.15) is 19.3 Å². The highest BCUT2D eigenvalue weighted by molar-refractivity contribution is 7.80. The molecule has 92 valence electrons. The van der Waals surface area contributed by atoms with Gasteiger partial charge < -0.3 is 10.5 Å². The molecule has 1 aliphatic rings. The Morgan fingerprint density at radius 2 is 2.24 bits per heavy atom. The maximum Gasteiger partial charge on any atom is 0.138 e. The lowest BCUT2D eigenvalue weighted by atomic mass is 10.0. The van der Waals surface area contributed by atoms with Gasteiger partial charge in [-0.05, 0) is 31.0 Å². The minimum atomic E-state index is -0.369. The summed E-state index contributed by atoms with van der Waals surface area (Å²) in [5.41, 5.74) is 5.61. The van der Waals surface area contributed by atoms with Crippen molar-refractivity contribution in [2.75, 3.05) is 6.61 Å². The van der Waals surface area contributed by atoms with Crippen LogP contribution in [0.2, 0.25) is 5.02 Å². The molecule has 5 heteroatoms. The summed E-state index contributed by atoms with van der Waals surface area (Å²) in [5, 5.41) is 0.288. The molecule has 0 radical (unpaired) electrons.